The van der Waals surface area contributed by atoms with E-state index in [2.05, 4.69) is 34.4 Å². The number of nitrogens with zero attached hydrogens (tertiary/aromatic N) is 2. The Kier molecular flexibility index (Phi) is 10.5. The number of hydrogen-bond acceptors (Lipinski definition) is 3. The third kappa shape index (κ3) is 8.00. The van der Waals surface area contributed by atoms with E-state index in [4.69, 9.17) is 16.3 Å². The van der Waals surface area contributed by atoms with Crippen LogP contribution in [0.1, 0.15) is 26.7 Å². The Labute approximate surface area is 173 Å². The molecule has 0 aromatic heterocycles. The molecule has 1 heterocycles. The van der Waals surface area contributed by atoms with Crippen LogP contribution in [0.5, 0.6) is 5.75 Å². The molecule has 142 valence electrons. The molecule has 0 radical (unpaired) electrons. The molecule has 1 fully saturated rings. The number of guanidine groups is 1. The van der Waals surface area contributed by atoms with Crippen molar-refractivity contribution in [3.8, 4) is 5.75 Å². The van der Waals surface area contributed by atoms with Gasteiger partial charge in [-0.05, 0) is 44.9 Å². The average molecular weight is 481 g/mol. The first-order valence-corrected chi connectivity index (χ1v) is 9.06. The minimum atomic E-state index is 0. The standard InChI is InChI=1S/C18H29ClN4O.HI/c1-14(2)23-10-7-16(8-11-23)22-18(20-3)21-9-12-24-17-6-4-5-15(19)13-17;/h4-6,13-14,16H,7-12H2,1-3H3,(H2,20,21,22);1H. The van der Waals surface area contributed by atoms with Gasteiger partial charge in [0.2, 0.25) is 0 Å². The van der Waals surface area contributed by atoms with Crippen LogP contribution < -0.4 is 15.4 Å². The zero-order chi connectivity index (χ0) is 17.4. The van der Waals surface area contributed by atoms with Crippen LogP contribution in [-0.4, -0.2) is 56.2 Å². The van der Waals surface area contributed by atoms with E-state index in [0.717, 1.165) is 37.6 Å². The highest BCUT2D eigenvalue weighted by atomic mass is 127. The Balaban J connectivity index is 0.00000312. The van der Waals surface area contributed by atoms with Crippen molar-refractivity contribution in [3.63, 3.8) is 0 Å². The third-order valence-electron chi connectivity index (χ3n) is 4.28. The maximum Gasteiger partial charge on any atom is 0.191 e. The molecule has 25 heavy (non-hydrogen) atoms. The Morgan fingerprint density at radius 2 is 2.08 bits per heavy atom. The monoisotopic (exact) mass is 480 g/mol. The predicted octanol–water partition coefficient (Wildman–Crippen LogP) is 3.37. The van der Waals surface area contributed by atoms with Gasteiger partial charge in [0.25, 0.3) is 0 Å². The second-order valence-electron chi connectivity index (χ2n) is 6.35. The maximum atomic E-state index is 5.94. The summed E-state index contributed by atoms with van der Waals surface area (Å²) >= 11 is 5.94. The molecule has 7 heteroatoms. The van der Waals surface area contributed by atoms with E-state index in [1.807, 2.05) is 24.3 Å². The summed E-state index contributed by atoms with van der Waals surface area (Å²) in [6, 6.07) is 8.56. The van der Waals surface area contributed by atoms with E-state index < -0.39 is 0 Å². The molecule has 0 atom stereocenters. The van der Waals surface area contributed by atoms with Crippen LogP contribution in [-0.2, 0) is 0 Å². The minimum Gasteiger partial charge on any atom is -0.492 e. The Bertz CT molecular complexity index is 534. The van der Waals surface area contributed by atoms with Crippen molar-refractivity contribution in [1.82, 2.24) is 15.5 Å². The van der Waals surface area contributed by atoms with Crippen LogP contribution in [0.3, 0.4) is 0 Å². The lowest BCUT2D eigenvalue weighted by Gasteiger charge is -2.35. The van der Waals surface area contributed by atoms with Crippen LogP contribution in [0.2, 0.25) is 5.02 Å². The number of hydrogen-bond donors (Lipinski definition) is 2. The van der Waals surface area contributed by atoms with Crippen molar-refractivity contribution in [2.45, 2.75) is 38.8 Å². The summed E-state index contributed by atoms with van der Waals surface area (Å²) in [7, 11) is 1.80. The van der Waals surface area contributed by atoms with E-state index in [-0.39, 0.29) is 24.0 Å². The second-order valence-corrected chi connectivity index (χ2v) is 6.79. The predicted molar refractivity (Wildman–Crippen MR) is 117 cm³/mol. The fourth-order valence-corrected chi connectivity index (χ4v) is 3.02. The number of ether oxygens (including phenoxy) is 1. The summed E-state index contributed by atoms with van der Waals surface area (Å²) < 4.78 is 5.68. The largest absolute Gasteiger partial charge is 0.492 e. The van der Waals surface area contributed by atoms with E-state index in [9.17, 15) is 0 Å². The Morgan fingerprint density at radius 3 is 2.68 bits per heavy atom. The zero-order valence-corrected chi connectivity index (χ0v) is 18.4. The normalized spacial score (nSPS) is 16.4. The van der Waals surface area contributed by atoms with Gasteiger partial charge < -0.3 is 20.3 Å². The molecule has 1 aromatic rings. The van der Waals surface area contributed by atoms with Gasteiger partial charge in [0.05, 0.1) is 6.54 Å². The summed E-state index contributed by atoms with van der Waals surface area (Å²) in [5.74, 6) is 1.63. The topological polar surface area (TPSA) is 48.9 Å². The van der Waals surface area contributed by atoms with Crippen LogP contribution in [0.4, 0.5) is 0 Å². The van der Waals surface area contributed by atoms with Crippen LogP contribution in [0, 0.1) is 0 Å². The van der Waals surface area contributed by atoms with Gasteiger partial charge >= 0.3 is 0 Å². The summed E-state index contributed by atoms with van der Waals surface area (Å²) in [5, 5.41) is 7.50. The van der Waals surface area contributed by atoms with Gasteiger partial charge in [0, 0.05) is 37.2 Å². The second kappa shape index (κ2) is 11.8. The molecule has 1 aromatic carbocycles. The minimum absolute atomic E-state index is 0. The number of benzene rings is 1. The smallest absolute Gasteiger partial charge is 0.191 e. The highest BCUT2D eigenvalue weighted by Crippen LogP contribution is 2.16. The highest BCUT2D eigenvalue weighted by molar-refractivity contribution is 14.0. The molecule has 0 spiro atoms. The highest BCUT2D eigenvalue weighted by Gasteiger charge is 2.21. The molecule has 1 aliphatic rings. The molecule has 1 saturated heterocycles. The first kappa shape index (κ1) is 22.3. The van der Waals surface area contributed by atoms with Crippen LogP contribution in [0.15, 0.2) is 29.3 Å². The average Bonchev–Trinajstić information content (AvgIpc) is 2.58. The van der Waals surface area contributed by atoms with Crippen molar-refractivity contribution in [3.05, 3.63) is 29.3 Å². The molecule has 0 aliphatic carbocycles. The summed E-state index contributed by atoms with van der Waals surface area (Å²) in [6.45, 7) is 8.06. The molecular formula is C18H30ClIN4O. The first-order valence-electron chi connectivity index (χ1n) is 8.68. The maximum absolute atomic E-state index is 5.94. The molecule has 0 bridgehead atoms. The molecule has 0 amide bonds. The molecule has 0 unspecified atom stereocenters. The molecule has 0 saturated carbocycles. The van der Waals surface area contributed by atoms with Crippen molar-refractivity contribution in [2.75, 3.05) is 33.3 Å². The quantitative estimate of drug-likeness (QED) is 0.284. The lowest BCUT2D eigenvalue weighted by molar-refractivity contribution is 0.167. The van der Waals surface area contributed by atoms with E-state index in [1.165, 1.54) is 0 Å². The van der Waals surface area contributed by atoms with Gasteiger partial charge in [-0.2, -0.15) is 0 Å². The molecule has 5 nitrogen and oxygen atoms in total. The van der Waals surface area contributed by atoms with Gasteiger partial charge in [0.15, 0.2) is 5.96 Å². The number of rotatable bonds is 6. The van der Waals surface area contributed by atoms with Crippen molar-refractivity contribution < 1.29 is 4.74 Å². The summed E-state index contributed by atoms with van der Waals surface area (Å²) in [5.41, 5.74) is 0. The SMILES string of the molecule is CN=C(NCCOc1cccc(Cl)c1)NC1CCN(C(C)C)CC1.I. The fourth-order valence-electron chi connectivity index (χ4n) is 2.84. The number of aliphatic imine (C=N–C) groups is 1. The third-order valence-corrected chi connectivity index (χ3v) is 4.52. The molecule has 2 rings (SSSR count). The van der Waals surface area contributed by atoms with Crippen molar-refractivity contribution in [1.29, 1.82) is 0 Å². The number of likely N-dealkylation sites (tertiary alicyclic amines) is 1. The van der Waals surface area contributed by atoms with Crippen molar-refractivity contribution in [2.24, 2.45) is 4.99 Å². The number of nitrogens with one attached hydrogen (secondary N) is 2. The molecular weight excluding hydrogens is 451 g/mol. The zero-order valence-electron chi connectivity index (χ0n) is 15.3. The van der Waals surface area contributed by atoms with Crippen molar-refractivity contribution >= 4 is 41.5 Å². The Morgan fingerprint density at radius 1 is 1.36 bits per heavy atom. The Hall–Kier alpha value is -0.730. The lowest BCUT2D eigenvalue weighted by Crippen LogP contribution is -2.50. The van der Waals surface area contributed by atoms with Crippen LogP contribution >= 0.6 is 35.6 Å². The molecule has 1 aliphatic heterocycles. The summed E-state index contributed by atoms with van der Waals surface area (Å²) in [6.07, 6.45) is 2.30. The van der Waals surface area contributed by atoms with E-state index >= 15 is 0 Å². The van der Waals surface area contributed by atoms with E-state index in [0.29, 0.717) is 30.3 Å². The van der Waals surface area contributed by atoms with E-state index in [1.54, 1.807) is 7.05 Å². The van der Waals surface area contributed by atoms with Crippen LogP contribution in [0.25, 0.3) is 0 Å². The van der Waals surface area contributed by atoms with Gasteiger partial charge in [-0.1, -0.05) is 17.7 Å². The van der Waals surface area contributed by atoms with Gasteiger partial charge in [-0.25, -0.2) is 0 Å². The number of piperidine rings is 1. The van der Waals surface area contributed by atoms with Gasteiger partial charge in [-0.15, -0.1) is 24.0 Å². The first-order chi connectivity index (χ1) is 11.6. The number of halogens is 2. The van der Waals surface area contributed by atoms with Gasteiger partial charge in [-0.3, -0.25) is 4.99 Å². The fraction of sp³-hybridized carbons (Fsp3) is 0.611. The lowest BCUT2D eigenvalue weighted by atomic mass is 10.0. The molecule has 2 N–H and O–H groups in total. The van der Waals surface area contributed by atoms with Gasteiger partial charge in [0.1, 0.15) is 12.4 Å². The summed E-state index contributed by atoms with van der Waals surface area (Å²) in [4.78, 5) is 6.82.